The van der Waals surface area contributed by atoms with Gasteiger partial charge in [-0.1, -0.05) is 0 Å². The number of nitrogens with zero attached hydrogens (tertiary/aromatic N) is 7. The predicted octanol–water partition coefficient (Wildman–Crippen LogP) is 0.219. The molecule has 0 radical (unpaired) electrons. The van der Waals surface area contributed by atoms with Gasteiger partial charge in [0.15, 0.2) is 0 Å². The van der Waals surface area contributed by atoms with Crippen molar-refractivity contribution >= 4 is 5.71 Å². The highest BCUT2D eigenvalue weighted by Crippen LogP contribution is 2.63. The molecule has 0 aromatic heterocycles. The van der Waals surface area contributed by atoms with E-state index in [0.717, 1.165) is 0 Å². The third kappa shape index (κ3) is 0.941. The molecule has 0 aromatic carbocycles. The lowest BCUT2D eigenvalue weighted by Gasteiger charge is -2.22. The Hall–Kier alpha value is -4.03. The standard InChI is InChI=1S/C12HN8/c13-1-8-9(20)11(4-16,5-17)12(6-18,7-19)10(8,2-14)3-15/h20H/q+1. The monoisotopic (exact) mass is 257 g/mol. The molecule has 0 aliphatic heterocycles. The Labute approximate surface area is 113 Å². The molecule has 1 aliphatic rings. The summed E-state index contributed by atoms with van der Waals surface area (Å²) in [5, 5.41) is 72.0. The van der Waals surface area contributed by atoms with Gasteiger partial charge in [0.25, 0.3) is 22.5 Å². The molecule has 0 bridgehead atoms. The largest absolute Gasteiger partial charge is 0.337 e. The molecular formula is C12HN8+. The SMILES string of the molecule is N#C[C+]1C(=N)C(C#N)(C#N)C(C#N)(C#N)C1(C#N)C#N. The van der Waals surface area contributed by atoms with E-state index < -0.39 is 27.9 Å². The van der Waals surface area contributed by atoms with Gasteiger partial charge in [-0.3, -0.25) is 5.41 Å². The van der Waals surface area contributed by atoms with Gasteiger partial charge >= 0.3 is 11.5 Å². The van der Waals surface area contributed by atoms with Gasteiger partial charge in [-0.2, -0.15) is 31.6 Å². The summed E-state index contributed by atoms with van der Waals surface area (Å²) in [5.74, 6) is -0.825. The zero-order valence-electron chi connectivity index (χ0n) is 9.63. The Balaban J connectivity index is 4.14. The van der Waals surface area contributed by atoms with E-state index in [1.807, 2.05) is 0 Å². The van der Waals surface area contributed by atoms with Crippen LogP contribution in [0.5, 0.6) is 0 Å². The molecule has 8 heteroatoms. The summed E-state index contributed by atoms with van der Waals surface area (Å²) in [5.41, 5.74) is -9.06. The summed E-state index contributed by atoms with van der Waals surface area (Å²) in [7, 11) is 0. The van der Waals surface area contributed by atoms with Crippen LogP contribution >= 0.6 is 0 Å². The maximum Gasteiger partial charge on any atom is 0.337 e. The molecule has 0 spiro atoms. The molecule has 0 heterocycles. The third-order valence-corrected chi connectivity index (χ3v) is 3.24. The number of hydrogen-bond acceptors (Lipinski definition) is 8. The highest BCUT2D eigenvalue weighted by molar-refractivity contribution is 6.13. The summed E-state index contributed by atoms with van der Waals surface area (Å²) in [6, 6.07) is 9.52. The summed E-state index contributed by atoms with van der Waals surface area (Å²) in [6.45, 7) is 0. The van der Waals surface area contributed by atoms with Crippen molar-refractivity contribution in [3.05, 3.63) is 5.92 Å². The van der Waals surface area contributed by atoms with E-state index in [2.05, 4.69) is 0 Å². The zero-order chi connectivity index (χ0) is 15.6. The van der Waals surface area contributed by atoms with Gasteiger partial charge in [-0.05, 0) is 0 Å². The number of nitrogens with one attached hydrogen (secondary N) is 1. The first-order valence-electron chi connectivity index (χ1n) is 4.82. The molecule has 88 valence electrons. The number of nitriles is 7. The maximum absolute atomic E-state index is 9.25. The topological polar surface area (TPSA) is 190 Å². The first-order valence-corrected chi connectivity index (χ1v) is 4.82. The van der Waals surface area contributed by atoms with Crippen LogP contribution in [0.15, 0.2) is 0 Å². The molecule has 1 aliphatic carbocycles. The summed E-state index contributed by atoms with van der Waals surface area (Å²) in [4.78, 5) is 0. The average Bonchev–Trinajstić information content (AvgIpc) is 2.68. The minimum atomic E-state index is -2.77. The Bertz CT molecular complexity index is 744. The lowest BCUT2D eigenvalue weighted by Crippen LogP contribution is -2.45. The van der Waals surface area contributed by atoms with E-state index >= 15 is 0 Å². The van der Waals surface area contributed by atoms with Crippen LogP contribution in [0, 0.1) is 107 Å². The van der Waals surface area contributed by atoms with E-state index in [-0.39, 0.29) is 0 Å². The van der Waals surface area contributed by atoms with Crippen molar-refractivity contribution in [3.63, 3.8) is 0 Å². The third-order valence-electron chi connectivity index (χ3n) is 3.24. The van der Waals surface area contributed by atoms with Crippen molar-refractivity contribution in [2.24, 2.45) is 16.2 Å². The highest BCUT2D eigenvalue weighted by atomic mass is 14.8. The lowest BCUT2D eigenvalue weighted by molar-refractivity contribution is 0.298. The second-order valence-corrected chi connectivity index (χ2v) is 3.78. The molecule has 20 heavy (non-hydrogen) atoms. The normalized spacial score (nSPS) is 19.9. The fourth-order valence-electron chi connectivity index (χ4n) is 2.14. The number of rotatable bonds is 0. The summed E-state index contributed by atoms with van der Waals surface area (Å²) < 4.78 is 0. The molecule has 8 nitrogen and oxygen atoms in total. The molecule has 0 aromatic rings. The van der Waals surface area contributed by atoms with E-state index in [0.29, 0.717) is 0 Å². The fraction of sp³-hybridized carbons (Fsp3) is 0.250. The summed E-state index contributed by atoms with van der Waals surface area (Å²) >= 11 is 0. The zero-order valence-corrected chi connectivity index (χ0v) is 9.63. The van der Waals surface area contributed by atoms with E-state index in [4.69, 9.17) is 21.2 Å². The van der Waals surface area contributed by atoms with Crippen LogP contribution < -0.4 is 0 Å². The van der Waals surface area contributed by atoms with Crippen molar-refractivity contribution in [2.45, 2.75) is 0 Å². The van der Waals surface area contributed by atoms with Gasteiger partial charge in [-0.25, -0.2) is 0 Å². The van der Waals surface area contributed by atoms with Crippen LogP contribution in [0.3, 0.4) is 0 Å². The fourth-order valence-corrected chi connectivity index (χ4v) is 2.14. The molecule has 0 unspecified atom stereocenters. The average molecular weight is 257 g/mol. The van der Waals surface area contributed by atoms with Crippen LogP contribution in [-0.2, 0) is 0 Å². The minimum absolute atomic E-state index is 0.825. The van der Waals surface area contributed by atoms with Crippen LogP contribution in [0.1, 0.15) is 0 Å². The maximum atomic E-state index is 9.25. The Morgan fingerprint density at radius 1 is 0.750 bits per heavy atom. The smallest absolute Gasteiger partial charge is 0.261 e. The van der Waals surface area contributed by atoms with Gasteiger partial charge in [0, 0.05) is 0 Å². The molecule has 0 amide bonds. The van der Waals surface area contributed by atoms with Gasteiger partial charge in [-0.15, -0.1) is 5.26 Å². The van der Waals surface area contributed by atoms with Crippen molar-refractivity contribution < 1.29 is 0 Å². The van der Waals surface area contributed by atoms with Crippen molar-refractivity contribution in [1.29, 1.82) is 42.2 Å². The molecule has 1 rings (SSSR count). The van der Waals surface area contributed by atoms with Crippen molar-refractivity contribution in [1.82, 2.24) is 0 Å². The highest BCUT2D eigenvalue weighted by Gasteiger charge is 2.89. The molecule has 1 fully saturated rings. The Kier molecular flexibility index (Phi) is 2.82. The minimum Gasteiger partial charge on any atom is -0.261 e. The van der Waals surface area contributed by atoms with E-state index in [1.54, 1.807) is 0 Å². The first kappa shape index (κ1) is 14.0. The van der Waals surface area contributed by atoms with Crippen LogP contribution in [-0.4, -0.2) is 5.71 Å². The molecule has 0 atom stereocenters. The van der Waals surface area contributed by atoms with E-state index in [1.165, 1.54) is 42.5 Å². The summed E-state index contributed by atoms with van der Waals surface area (Å²) in [6.07, 6.45) is 0. The van der Waals surface area contributed by atoms with Crippen molar-refractivity contribution in [3.8, 4) is 42.5 Å². The molecule has 1 saturated carbocycles. The van der Waals surface area contributed by atoms with Crippen LogP contribution in [0.4, 0.5) is 0 Å². The number of hydrogen-bond donors (Lipinski definition) is 1. The van der Waals surface area contributed by atoms with Gasteiger partial charge in [0.05, 0.1) is 24.3 Å². The molecular weight excluding hydrogens is 256 g/mol. The predicted molar refractivity (Wildman–Crippen MR) is 57.6 cm³/mol. The van der Waals surface area contributed by atoms with Crippen LogP contribution in [0.2, 0.25) is 0 Å². The van der Waals surface area contributed by atoms with E-state index in [9.17, 15) is 21.0 Å². The quantitative estimate of drug-likeness (QED) is 0.599. The second-order valence-electron chi connectivity index (χ2n) is 3.78. The van der Waals surface area contributed by atoms with Gasteiger partial charge in [0.1, 0.15) is 12.1 Å². The van der Waals surface area contributed by atoms with Crippen molar-refractivity contribution in [2.75, 3.05) is 0 Å². The Morgan fingerprint density at radius 3 is 1.45 bits per heavy atom. The molecule has 0 saturated heterocycles. The molecule has 1 N–H and O–H groups in total. The van der Waals surface area contributed by atoms with Gasteiger partial charge in [0.2, 0.25) is 0 Å². The second kappa shape index (κ2) is 4.02. The lowest BCUT2D eigenvalue weighted by atomic mass is 9.58. The first-order chi connectivity index (χ1) is 9.47. The van der Waals surface area contributed by atoms with Crippen LogP contribution in [0.25, 0.3) is 0 Å². The van der Waals surface area contributed by atoms with Gasteiger partial charge < -0.3 is 0 Å². The Morgan fingerprint density at radius 2 is 1.20 bits per heavy atom.